The number of imidazole rings is 1. The Morgan fingerprint density at radius 2 is 2.27 bits per heavy atom. The minimum absolute atomic E-state index is 0.127. The minimum Gasteiger partial charge on any atom is -0.356 e. The third-order valence-corrected chi connectivity index (χ3v) is 2.69. The van der Waals surface area contributed by atoms with Crippen LogP contribution in [0.5, 0.6) is 0 Å². The van der Waals surface area contributed by atoms with Crippen molar-refractivity contribution in [3.8, 4) is 0 Å². The maximum Gasteiger partial charge on any atom is 0.326 e. The standard InChI is InChI=1S/C10H9N3O2/c1-5-8-7(15-12-5)4-3-6-9(8)11-10(14)13(6)2/h3-4H,1-2H3,(H,11,14). The maximum atomic E-state index is 11.5. The fourth-order valence-corrected chi connectivity index (χ4v) is 1.88. The van der Waals surface area contributed by atoms with Crippen LogP contribution in [0.1, 0.15) is 5.69 Å². The van der Waals surface area contributed by atoms with E-state index in [2.05, 4.69) is 10.1 Å². The van der Waals surface area contributed by atoms with Crippen molar-refractivity contribution in [2.75, 3.05) is 0 Å². The van der Waals surface area contributed by atoms with Gasteiger partial charge in [0, 0.05) is 7.05 Å². The van der Waals surface area contributed by atoms with E-state index < -0.39 is 0 Å². The van der Waals surface area contributed by atoms with Gasteiger partial charge >= 0.3 is 5.69 Å². The molecule has 1 N–H and O–H groups in total. The molecule has 2 heterocycles. The molecular weight excluding hydrogens is 194 g/mol. The number of hydrogen-bond acceptors (Lipinski definition) is 3. The van der Waals surface area contributed by atoms with E-state index in [1.54, 1.807) is 11.6 Å². The Morgan fingerprint density at radius 1 is 1.47 bits per heavy atom. The number of fused-ring (bicyclic) bond motifs is 3. The summed E-state index contributed by atoms with van der Waals surface area (Å²) in [7, 11) is 1.73. The Bertz CT molecular complexity index is 717. The van der Waals surface area contributed by atoms with Gasteiger partial charge in [-0.05, 0) is 19.1 Å². The molecule has 3 aromatic rings. The number of rotatable bonds is 0. The second-order valence-corrected chi connectivity index (χ2v) is 3.59. The Morgan fingerprint density at radius 3 is 3.07 bits per heavy atom. The Hall–Kier alpha value is -2.04. The lowest BCUT2D eigenvalue weighted by Crippen LogP contribution is -2.11. The van der Waals surface area contributed by atoms with Crippen LogP contribution in [0.4, 0.5) is 0 Å². The quantitative estimate of drug-likeness (QED) is 0.599. The van der Waals surface area contributed by atoms with Crippen molar-refractivity contribution in [3.63, 3.8) is 0 Å². The van der Waals surface area contributed by atoms with Crippen molar-refractivity contribution < 1.29 is 4.52 Å². The number of hydrogen-bond donors (Lipinski definition) is 1. The summed E-state index contributed by atoms with van der Waals surface area (Å²) < 4.78 is 6.70. The molecule has 76 valence electrons. The van der Waals surface area contributed by atoms with Crippen LogP contribution >= 0.6 is 0 Å². The second kappa shape index (κ2) is 2.50. The van der Waals surface area contributed by atoms with Gasteiger partial charge in [-0.15, -0.1) is 0 Å². The molecule has 0 unspecified atom stereocenters. The van der Waals surface area contributed by atoms with E-state index >= 15 is 0 Å². The van der Waals surface area contributed by atoms with Crippen LogP contribution in [-0.2, 0) is 7.05 Å². The zero-order valence-corrected chi connectivity index (χ0v) is 8.37. The number of aromatic amines is 1. The van der Waals surface area contributed by atoms with Gasteiger partial charge in [0.25, 0.3) is 0 Å². The molecule has 0 radical (unpaired) electrons. The van der Waals surface area contributed by atoms with Crippen LogP contribution in [0.2, 0.25) is 0 Å². The first-order chi connectivity index (χ1) is 7.18. The fraction of sp³-hybridized carbons (Fsp3) is 0.200. The van der Waals surface area contributed by atoms with Crippen LogP contribution in [-0.4, -0.2) is 14.7 Å². The minimum atomic E-state index is -0.127. The average molecular weight is 203 g/mol. The molecule has 0 atom stereocenters. The number of nitrogens with one attached hydrogen (secondary N) is 1. The number of aromatic nitrogens is 3. The van der Waals surface area contributed by atoms with Crippen molar-refractivity contribution in [1.29, 1.82) is 0 Å². The van der Waals surface area contributed by atoms with Crippen molar-refractivity contribution in [2.24, 2.45) is 7.05 Å². The molecule has 0 fully saturated rings. The van der Waals surface area contributed by atoms with Gasteiger partial charge < -0.3 is 9.51 Å². The normalized spacial score (nSPS) is 11.6. The summed E-state index contributed by atoms with van der Waals surface area (Å²) in [6.07, 6.45) is 0. The molecule has 0 aliphatic heterocycles. The topological polar surface area (TPSA) is 63.8 Å². The van der Waals surface area contributed by atoms with Gasteiger partial charge in [0.1, 0.15) is 0 Å². The molecule has 0 saturated carbocycles. The van der Waals surface area contributed by atoms with E-state index in [-0.39, 0.29) is 5.69 Å². The Labute approximate surface area is 84.3 Å². The van der Waals surface area contributed by atoms with Gasteiger partial charge in [0.15, 0.2) is 5.58 Å². The third kappa shape index (κ3) is 0.918. The van der Waals surface area contributed by atoms with Gasteiger partial charge in [-0.25, -0.2) is 4.79 Å². The highest BCUT2D eigenvalue weighted by atomic mass is 16.5. The first-order valence-electron chi connectivity index (χ1n) is 4.62. The SMILES string of the molecule is Cc1noc2ccc3c([nH]c(=O)n3C)c12. The number of benzene rings is 1. The lowest BCUT2D eigenvalue weighted by Gasteiger charge is -1.93. The molecule has 5 nitrogen and oxygen atoms in total. The van der Waals surface area contributed by atoms with Crippen molar-refractivity contribution >= 4 is 22.0 Å². The molecule has 5 heteroatoms. The molecule has 15 heavy (non-hydrogen) atoms. The van der Waals surface area contributed by atoms with Gasteiger partial charge in [-0.2, -0.15) is 0 Å². The predicted molar refractivity (Wildman–Crippen MR) is 55.8 cm³/mol. The first-order valence-corrected chi connectivity index (χ1v) is 4.62. The van der Waals surface area contributed by atoms with Gasteiger partial charge in [0.05, 0.1) is 22.1 Å². The average Bonchev–Trinajstić information content (AvgIpc) is 2.71. The molecule has 0 aliphatic rings. The van der Waals surface area contributed by atoms with Crippen molar-refractivity contribution in [1.82, 2.24) is 14.7 Å². The summed E-state index contributed by atoms with van der Waals surface area (Å²) in [6.45, 7) is 1.86. The van der Waals surface area contributed by atoms with Crippen LogP contribution in [0, 0.1) is 6.92 Å². The molecule has 0 spiro atoms. The van der Waals surface area contributed by atoms with Gasteiger partial charge in [-0.3, -0.25) is 4.57 Å². The summed E-state index contributed by atoms with van der Waals surface area (Å²) in [5.74, 6) is 0. The van der Waals surface area contributed by atoms with Crippen molar-refractivity contribution in [2.45, 2.75) is 6.92 Å². The molecule has 1 aromatic carbocycles. The molecule has 0 saturated heterocycles. The van der Waals surface area contributed by atoms with Crippen LogP contribution in [0.25, 0.3) is 22.0 Å². The highest BCUT2D eigenvalue weighted by Crippen LogP contribution is 2.25. The van der Waals surface area contributed by atoms with E-state index in [4.69, 9.17) is 4.52 Å². The molecular formula is C10H9N3O2. The summed E-state index contributed by atoms with van der Waals surface area (Å²) in [5.41, 5.74) is 3.01. The number of aryl methyl sites for hydroxylation is 2. The number of nitrogens with zero attached hydrogens (tertiary/aromatic N) is 2. The van der Waals surface area contributed by atoms with Gasteiger partial charge in [-0.1, -0.05) is 5.16 Å². The zero-order chi connectivity index (χ0) is 10.6. The maximum absolute atomic E-state index is 11.5. The summed E-state index contributed by atoms with van der Waals surface area (Å²) in [4.78, 5) is 14.3. The molecule has 0 bridgehead atoms. The van der Waals surface area contributed by atoms with Crippen molar-refractivity contribution in [3.05, 3.63) is 28.3 Å². The third-order valence-electron chi connectivity index (χ3n) is 2.69. The highest BCUT2D eigenvalue weighted by Gasteiger charge is 2.12. The summed E-state index contributed by atoms with van der Waals surface area (Å²) in [6, 6.07) is 3.67. The smallest absolute Gasteiger partial charge is 0.326 e. The lowest BCUT2D eigenvalue weighted by molar-refractivity contribution is 0.450. The lowest BCUT2D eigenvalue weighted by atomic mass is 10.2. The van der Waals surface area contributed by atoms with E-state index in [1.165, 1.54) is 0 Å². The zero-order valence-electron chi connectivity index (χ0n) is 8.37. The summed E-state index contributed by atoms with van der Waals surface area (Å²) in [5, 5.41) is 4.76. The fourth-order valence-electron chi connectivity index (χ4n) is 1.88. The first kappa shape index (κ1) is 8.28. The van der Waals surface area contributed by atoms with Crippen LogP contribution in [0.3, 0.4) is 0 Å². The largest absolute Gasteiger partial charge is 0.356 e. The number of H-pyrrole nitrogens is 1. The molecule has 2 aromatic heterocycles. The van der Waals surface area contributed by atoms with Crippen LogP contribution in [0.15, 0.2) is 21.5 Å². The monoisotopic (exact) mass is 203 g/mol. The van der Waals surface area contributed by atoms with E-state index in [9.17, 15) is 4.79 Å². The van der Waals surface area contributed by atoms with Crippen LogP contribution < -0.4 is 5.69 Å². The second-order valence-electron chi connectivity index (χ2n) is 3.59. The molecule has 0 aliphatic carbocycles. The Kier molecular flexibility index (Phi) is 1.38. The van der Waals surface area contributed by atoms with E-state index in [1.807, 2.05) is 19.1 Å². The molecule has 0 amide bonds. The van der Waals surface area contributed by atoms with E-state index in [0.717, 1.165) is 22.1 Å². The van der Waals surface area contributed by atoms with Gasteiger partial charge in [0.2, 0.25) is 0 Å². The Balaban J connectivity index is 2.70. The summed E-state index contributed by atoms with van der Waals surface area (Å²) >= 11 is 0. The van der Waals surface area contributed by atoms with E-state index in [0.29, 0.717) is 5.58 Å². The predicted octanol–water partition coefficient (Wildman–Crippen LogP) is 1.32. The molecule has 3 rings (SSSR count). The highest BCUT2D eigenvalue weighted by molar-refractivity contribution is 6.03.